The number of rotatable bonds is 5. The lowest BCUT2D eigenvalue weighted by Crippen LogP contribution is -1.87. The van der Waals surface area contributed by atoms with E-state index >= 15 is 0 Å². The van der Waals surface area contributed by atoms with E-state index in [0.29, 0.717) is 6.42 Å². The van der Waals surface area contributed by atoms with E-state index in [1.165, 1.54) is 5.56 Å². The fraction of sp³-hybridized carbons (Fsp3) is 0.308. The first kappa shape index (κ1) is 11.5. The normalized spacial score (nSPS) is 11.2. The molecule has 0 bridgehead atoms. The van der Waals surface area contributed by atoms with Crippen LogP contribution in [-0.2, 0) is 11.2 Å². The van der Waals surface area contributed by atoms with Crippen molar-refractivity contribution in [3.63, 3.8) is 0 Å². The summed E-state index contributed by atoms with van der Waals surface area (Å²) in [5, 5.41) is 0. The van der Waals surface area contributed by atoms with Crippen LogP contribution in [0, 0.1) is 0 Å². The molecule has 2 heteroatoms. The van der Waals surface area contributed by atoms with Gasteiger partial charge >= 0.3 is 0 Å². The van der Waals surface area contributed by atoms with Crippen LogP contribution in [0.1, 0.15) is 18.9 Å². The van der Waals surface area contributed by atoms with Gasteiger partial charge in [-0.3, -0.25) is 0 Å². The highest BCUT2D eigenvalue weighted by molar-refractivity contribution is 5.53. The molecule has 2 nitrogen and oxygen atoms in total. The molecule has 0 atom stereocenters. The first-order chi connectivity index (χ1) is 7.26. The van der Waals surface area contributed by atoms with Crippen LogP contribution in [0.15, 0.2) is 35.9 Å². The van der Waals surface area contributed by atoms with Gasteiger partial charge in [0.05, 0.1) is 7.11 Å². The zero-order valence-corrected chi connectivity index (χ0v) is 9.19. The number of carbonyl (C=O) groups is 1. The summed E-state index contributed by atoms with van der Waals surface area (Å²) < 4.78 is 5.13. The predicted molar refractivity (Wildman–Crippen MR) is 61.1 cm³/mol. The van der Waals surface area contributed by atoms with Crippen LogP contribution in [0.4, 0.5) is 0 Å². The average Bonchev–Trinajstić information content (AvgIpc) is 2.27. The van der Waals surface area contributed by atoms with Crippen molar-refractivity contribution in [2.45, 2.75) is 19.8 Å². The molecule has 0 heterocycles. The van der Waals surface area contributed by atoms with Crippen molar-refractivity contribution in [3.8, 4) is 5.75 Å². The van der Waals surface area contributed by atoms with Crippen LogP contribution in [-0.4, -0.2) is 13.4 Å². The minimum Gasteiger partial charge on any atom is -0.497 e. The molecule has 0 fully saturated rings. The molecule has 1 rings (SSSR count). The highest BCUT2D eigenvalue weighted by Crippen LogP contribution is 2.13. The monoisotopic (exact) mass is 204 g/mol. The molecule has 0 aliphatic carbocycles. The molecule has 0 aliphatic heterocycles. The Morgan fingerprint density at radius 2 is 2.27 bits per heavy atom. The van der Waals surface area contributed by atoms with Crippen molar-refractivity contribution >= 4 is 6.29 Å². The standard InChI is InChI=1S/C13H16O2/c1-11(8-9-14)6-7-12-4-3-5-13(10-12)15-2/h3-6,9-10H,7-8H2,1-2H3/b11-6+. The summed E-state index contributed by atoms with van der Waals surface area (Å²) in [5.74, 6) is 0.869. The van der Waals surface area contributed by atoms with Gasteiger partial charge in [0, 0.05) is 6.42 Å². The second-order valence-corrected chi connectivity index (χ2v) is 3.48. The fourth-order valence-corrected chi connectivity index (χ4v) is 1.31. The molecule has 0 N–H and O–H groups in total. The number of aldehydes is 1. The van der Waals surface area contributed by atoms with Crippen molar-refractivity contribution in [2.24, 2.45) is 0 Å². The molecule has 0 spiro atoms. The quantitative estimate of drug-likeness (QED) is 0.544. The SMILES string of the molecule is COc1cccc(C/C=C(\C)CC=O)c1. The zero-order chi connectivity index (χ0) is 11.1. The molecule has 15 heavy (non-hydrogen) atoms. The lowest BCUT2D eigenvalue weighted by molar-refractivity contribution is -0.107. The van der Waals surface area contributed by atoms with E-state index in [-0.39, 0.29) is 0 Å². The molecular formula is C13H16O2. The number of hydrogen-bond donors (Lipinski definition) is 0. The van der Waals surface area contributed by atoms with Crippen molar-refractivity contribution in [1.82, 2.24) is 0 Å². The molecule has 80 valence electrons. The Morgan fingerprint density at radius 1 is 1.47 bits per heavy atom. The summed E-state index contributed by atoms with van der Waals surface area (Å²) in [4.78, 5) is 10.3. The Labute approximate surface area is 90.6 Å². The zero-order valence-electron chi connectivity index (χ0n) is 9.19. The minimum absolute atomic E-state index is 0.518. The van der Waals surface area contributed by atoms with Crippen molar-refractivity contribution in [1.29, 1.82) is 0 Å². The Bertz CT molecular complexity index is 353. The minimum atomic E-state index is 0.518. The maximum absolute atomic E-state index is 10.3. The van der Waals surface area contributed by atoms with Gasteiger partial charge < -0.3 is 9.53 Å². The third-order valence-electron chi connectivity index (χ3n) is 2.23. The van der Waals surface area contributed by atoms with Crippen LogP contribution in [0.2, 0.25) is 0 Å². The topological polar surface area (TPSA) is 26.3 Å². The first-order valence-corrected chi connectivity index (χ1v) is 4.98. The van der Waals surface area contributed by atoms with Crippen molar-refractivity contribution in [2.75, 3.05) is 7.11 Å². The van der Waals surface area contributed by atoms with Gasteiger partial charge in [-0.2, -0.15) is 0 Å². The summed E-state index contributed by atoms with van der Waals surface area (Å²) in [7, 11) is 1.66. The Balaban J connectivity index is 2.64. The Kier molecular flexibility index (Phi) is 4.61. The lowest BCUT2D eigenvalue weighted by atomic mass is 10.1. The van der Waals surface area contributed by atoms with E-state index in [0.717, 1.165) is 24.0 Å². The van der Waals surface area contributed by atoms with Crippen LogP contribution in [0.25, 0.3) is 0 Å². The van der Waals surface area contributed by atoms with E-state index in [1.807, 2.05) is 31.2 Å². The van der Waals surface area contributed by atoms with Crippen LogP contribution >= 0.6 is 0 Å². The highest BCUT2D eigenvalue weighted by Gasteiger charge is 1.94. The molecule has 0 radical (unpaired) electrons. The molecule has 0 saturated heterocycles. The molecule has 0 aromatic heterocycles. The molecule has 0 aliphatic rings. The van der Waals surface area contributed by atoms with E-state index in [4.69, 9.17) is 4.74 Å². The molecule has 1 aromatic carbocycles. The third kappa shape index (κ3) is 3.98. The summed E-state index contributed by atoms with van der Waals surface area (Å²) in [6.45, 7) is 1.97. The van der Waals surface area contributed by atoms with Crippen LogP contribution in [0.3, 0.4) is 0 Å². The lowest BCUT2D eigenvalue weighted by Gasteiger charge is -2.02. The summed E-state index contributed by atoms with van der Waals surface area (Å²) >= 11 is 0. The van der Waals surface area contributed by atoms with E-state index in [9.17, 15) is 4.79 Å². The van der Waals surface area contributed by atoms with E-state index in [2.05, 4.69) is 6.08 Å². The van der Waals surface area contributed by atoms with E-state index < -0.39 is 0 Å². The van der Waals surface area contributed by atoms with Gasteiger partial charge in [0.1, 0.15) is 12.0 Å². The van der Waals surface area contributed by atoms with E-state index in [1.54, 1.807) is 7.11 Å². The maximum atomic E-state index is 10.3. The Hall–Kier alpha value is -1.57. The fourth-order valence-electron chi connectivity index (χ4n) is 1.31. The van der Waals surface area contributed by atoms with Gasteiger partial charge in [0.15, 0.2) is 0 Å². The summed E-state index contributed by atoms with van der Waals surface area (Å²) in [5.41, 5.74) is 2.30. The van der Waals surface area contributed by atoms with Crippen molar-refractivity contribution in [3.05, 3.63) is 41.5 Å². The molecular weight excluding hydrogens is 188 g/mol. The molecule has 1 aromatic rings. The van der Waals surface area contributed by atoms with Gasteiger partial charge in [0.25, 0.3) is 0 Å². The number of allylic oxidation sites excluding steroid dienone is 2. The van der Waals surface area contributed by atoms with Gasteiger partial charge in [-0.25, -0.2) is 0 Å². The van der Waals surface area contributed by atoms with Gasteiger partial charge in [0.2, 0.25) is 0 Å². The number of benzene rings is 1. The van der Waals surface area contributed by atoms with Gasteiger partial charge in [-0.1, -0.05) is 23.8 Å². The smallest absolute Gasteiger partial charge is 0.124 e. The molecule has 0 saturated carbocycles. The average molecular weight is 204 g/mol. The maximum Gasteiger partial charge on any atom is 0.124 e. The summed E-state index contributed by atoms with van der Waals surface area (Å²) in [6, 6.07) is 7.94. The predicted octanol–water partition coefficient (Wildman–Crippen LogP) is 2.77. The first-order valence-electron chi connectivity index (χ1n) is 4.98. The van der Waals surface area contributed by atoms with Crippen LogP contribution < -0.4 is 4.74 Å². The number of carbonyl (C=O) groups excluding carboxylic acids is 1. The molecule has 0 amide bonds. The highest BCUT2D eigenvalue weighted by atomic mass is 16.5. The third-order valence-corrected chi connectivity index (χ3v) is 2.23. The largest absolute Gasteiger partial charge is 0.497 e. The van der Waals surface area contributed by atoms with Crippen molar-refractivity contribution < 1.29 is 9.53 Å². The second kappa shape index (κ2) is 6.02. The number of methoxy groups -OCH3 is 1. The molecule has 0 unspecified atom stereocenters. The van der Waals surface area contributed by atoms with Gasteiger partial charge in [-0.05, 0) is 31.0 Å². The number of ether oxygens (including phenoxy) is 1. The number of hydrogen-bond acceptors (Lipinski definition) is 2. The Morgan fingerprint density at radius 3 is 2.93 bits per heavy atom. The van der Waals surface area contributed by atoms with Gasteiger partial charge in [-0.15, -0.1) is 0 Å². The summed E-state index contributed by atoms with van der Waals surface area (Å²) in [6.07, 6.45) is 4.36. The second-order valence-electron chi connectivity index (χ2n) is 3.48. The van der Waals surface area contributed by atoms with Crippen LogP contribution in [0.5, 0.6) is 5.75 Å².